The number of benzene rings is 2. The van der Waals surface area contributed by atoms with Gasteiger partial charge in [0.25, 0.3) is 0 Å². The molecule has 3 heteroatoms. The van der Waals surface area contributed by atoms with E-state index in [1.54, 1.807) is 27.2 Å². The molecule has 0 unspecified atom stereocenters. The first-order valence-corrected chi connectivity index (χ1v) is 5.99. The number of carbonyl (C=O) groups excluding carboxylic acids is 1. The molecule has 2 rings (SSSR count). The Morgan fingerprint density at radius 1 is 1.00 bits per heavy atom. The maximum atomic E-state index is 11.5. The smallest absolute Gasteiger partial charge is 0.168 e. The van der Waals surface area contributed by atoms with Gasteiger partial charge in [-0.15, -0.1) is 0 Å². The lowest BCUT2D eigenvalue weighted by molar-refractivity contribution is 0.101. The Morgan fingerprint density at radius 2 is 1.74 bits per heavy atom. The van der Waals surface area contributed by atoms with Crippen LogP contribution in [-0.2, 0) is 0 Å². The van der Waals surface area contributed by atoms with E-state index in [9.17, 15) is 4.79 Å². The van der Waals surface area contributed by atoms with E-state index >= 15 is 0 Å². The molecule has 98 valence electrons. The highest BCUT2D eigenvalue weighted by molar-refractivity contribution is 5.95. The summed E-state index contributed by atoms with van der Waals surface area (Å²) in [6.45, 7) is 1.56. The highest BCUT2D eigenvalue weighted by Crippen LogP contribution is 2.37. The minimum Gasteiger partial charge on any atom is -0.493 e. The van der Waals surface area contributed by atoms with Crippen LogP contribution in [0.1, 0.15) is 17.3 Å². The molecular formula is C16H16O3. The van der Waals surface area contributed by atoms with Crippen molar-refractivity contribution in [2.24, 2.45) is 0 Å². The number of para-hydroxylation sites is 1. The first kappa shape index (κ1) is 13.1. The van der Waals surface area contributed by atoms with Gasteiger partial charge in [-0.3, -0.25) is 4.79 Å². The zero-order valence-corrected chi connectivity index (χ0v) is 11.3. The summed E-state index contributed by atoms with van der Waals surface area (Å²) < 4.78 is 10.7. The second-order valence-electron chi connectivity index (χ2n) is 4.18. The van der Waals surface area contributed by atoms with Gasteiger partial charge in [-0.1, -0.05) is 30.3 Å². The summed E-state index contributed by atoms with van der Waals surface area (Å²) in [7, 11) is 3.21. The molecule has 3 nitrogen and oxygen atoms in total. The molecule has 19 heavy (non-hydrogen) atoms. The Bertz CT molecular complexity index is 603. The topological polar surface area (TPSA) is 35.5 Å². The highest BCUT2D eigenvalue weighted by Gasteiger charge is 2.12. The zero-order chi connectivity index (χ0) is 13.8. The first-order valence-electron chi connectivity index (χ1n) is 5.99. The minimum atomic E-state index is 0.0451. The van der Waals surface area contributed by atoms with Crippen LogP contribution in [-0.4, -0.2) is 20.0 Å². The van der Waals surface area contributed by atoms with Gasteiger partial charge in [-0.25, -0.2) is 0 Å². The van der Waals surface area contributed by atoms with Gasteiger partial charge >= 0.3 is 0 Å². The minimum absolute atomic E-state index is 0.0451. The maximum absolute atomic E-state index is 11.5. The Labute approximate surface area is 112 Å². The average Bonchev–Trinajstić information content (AvgIpc) is 2.46. The van der Waals surface area contributed by atoms with Crippen molar-refractivity contribution in [1.29, 1.82) is 0 Å². The van der Waals surface area contributed by atoms with Crippen LogP contribution < -0.4 is 9.47 Å². The molecule has 0 amide bonds. The molecule has 0 saturated heterocycles. The molecule has 0 heterocycles. The van der Waals surface area contributed by atoms with Crippen LogP contribution in [0.3, 0.4) is 0 Å². The summed E-state index contributed by atoms with van der Waals surface area (Å²) in [6.07, 6.45) is 0. The predicted molar refractivity (Wildman–Crippen MR) is 75.0 cm³/mol. The number of hydrogen-bond acceptors (Lipinski definition) is 3. The predicted octanol–water partition coefficient (Wildman–Crippen LogP) is 3.57. The SMILES string of the molecule is COc1cccc(-c2cccc(C(C)=O)c2)c1OC. The second-order valence-corrected chi connectivity index (χ2v) is 4.18. The van der Waals surface area contributed by atoms with E-state index in [0.29, 0.717) is 17.1 Å². The summed E-state index contributed by atoms with van der Waals surface area (Å²) >= 11 is 0. The van der Waals surface area contributed by atoms with Crippen molar-refractivity contribution in [1.82, 2.24) is 0 Å². The lowest BCUT2D eigenvalue weighted by atomic mass is 10.0. The molecule has 0 atom stereocenters. The normalized spacial score (nSPS) is 10.1. The van der Waals surface area contributed by atoms with E-state index in [1.165, 1.54) is 0 Å². The van der Waals surface area contributed by atoms with Gasteiger partial charge in [0.05, 0.1) is 14.2 Å². The van der Waals surface area contributed by atoms with Crippen molar-refractivity contribution >= 4 is 5.78 Å². The molecule has 2 aromatic carbocycles. The van der Waals surface area contributed by atoms with E-state index in [0.717, 1.165) is 11.1 Å². The third-order valence-electron chi connectivity index (χ3n) is 2.98. The van der Waals surface area contributed by atoms with Crippen molar-refractivity contribution in [3.05, 3.63) is 48.0 Å². The number of hydrogen-bond donors (Lipinski definition) is 0. The van der Waals surface area contributed by atoms with E-state index in [-0.39, 0.29) is 5.78 Å². The van der Waals surface area contributed by atoms with Crippen molar-refractivity contribution < 1.29 is 14.3 Å². The molecule has 0 fully saturated rings. The van der Waals surface area contributed by atoms with Crippen molar-refractivity contribution in [2.45, 2.75) is 6.92 Å². The molecule has 0 aliphatic carbocycles. The van der Waals surface area contributed by atoms with E-state index in [1.807, 2.05) is 36.4 Å². The van der Waals surface area contributed by atoms with Crippen molar-refractivity contribution in [3.8, 4) is 22.6 Å². The van der Waals surface area contributed by atoms with Gasteiger partial charge in [0.2, 0.25) is 0 Å². The summed E-state index contributed by atoms with van der Waals surface area (Å²) in [4.78, 5) is 11.5. The third-order valence-corrected chi connectivity index (χ3v) is 2.98. The van der Waals surface area contributed by atoms with E-state index in [2.05, 4.69) is 0 Å². The van der Waals surface area contributed by atoms with Crippen LogP contribution in [0.15, 0.2) is 42.5 Å². The highest BCUT2D eigenvalue weighted by atomic mass is 16.5. The van der Waals surface area contributed by atoms with Crippen LogP contribution in [0.4, 0.5) is 0 Å². The van der Waals surface area contributed by atoms with Gasteiger partial charge in [-0.05, 0) is 24.6 Å². The fourth-order valence-corrected chi connectivity index (χ4v) is 2.02. The summed E-state index contributed by atoms with van der Waals surface area (Å²) in [5.41, 5.74) is 2.52. The fourth-order valence-electron chi connectivity index (χ4n) is 2.02. The Hall–Kier alpha value is -2.29. The number of rotatable bonds is 4. The van der Waals surface area contributed by atoms with Gasteiger partial charge < -0.3 is 9.47 Å². The zero-order valence-electron chi connectivity index (χ0n) is 11.3. The molecule has 0 saturated carbocycles. The lowest BCUT2D eigenvalue weighted by Gasteiger charge is -2.13. The van der Waals surface area contributed by atoms with E-state index in [4.69, 9.17) is 9.47 Å². The van der Waals surface area contributed by atoms with Crippen LogP contribution in [0, 0.1) is 0 Å². The number of ether oxygens (including phenoxy) is 2. The van der Waals surface area contributed by atoms with Crippen LogP contribution in [0.5, 0.6) is 11.5 Å². The second kappa shape index (κ2) is 5.57. The summed E-state index contributed by atoms with van der Waals surface area (Å²) in [5.74, 6) is 1.39. The third kappa shape index (κ3) is 2.60. The molecule has 0 N–H and O–H groups in total. The monoisotopic (exact) mass is 256 g/mol. The summed E-state index contributed by atoms with van der Waals surface area (Å²) in [6, 6.07) is 13.2. The molecular weight excluding hydrogens is 240 g/mol. The lowest BCUT2D eigenvalue weighted by Crippen LogP contribution is -1.95. The largest absolute Gasteiger partial charge is 0.493 e. The molecule has 0 aliphatic rings. The summed E-state index contributed by atoms with van der Waals surface area (Å²) in [5, 5.41) is 0. The van der Waals surface area contributed by atoms with Crippen molar-refractivity contribution in [2.75, 3.05) is 14.2 Å². The molecule has 0 radical (unpaired) electrons. The molecule has 2 aromatic rings. The van der Waals surface area contributed by atoms with E-state index < -0.39 is 0 Å². The van der Waals surface area contributed by atoms with Crippen LogP contribution in [0.25, 0.3) is 11.1 Å². The van der Waals surface area contributed by atoms with Gasteiger partial charge in [0.1, 0.15) is 0 Å². The van der Waals surface area contributed by atoms with Gasteiger partial charge in [0.15, 0.2) is 17.3 Å². The Balaban J connectivity index is 2.58. The number of ketones is 1. The first-order chi connectivity index (χ1) is 9.17. The molecule has 0 aliphatic heterocycles. The fraction of sp³-hybridized carbons (Fsp3) is 0.188. The maximum Gasteiger partial charge on any atom is 0.168 e. The van der Waals surface area contributed by atoms with Crippen LogP contribution in [0.2, 0.25) is 0 Å². The standard InChI is InChI=1S/C16H16O3/c1-11(17)12-6-4-7-13(10-12)14-8-5-9-15(18-2)16(14)19-3/h4-10H,1-3H3. The molecule has 0 spiro atoms. The number of Topliss-reactive ketones (excluding diaryl/α,β-unsaturated/α-hetero) is 1. The van der Waals surface area contributed by atoms with Crippen molar-refractivity contribution in [3.63, 3.8) is 0 Å². The van der Waals surface area contributed by atoms with Gasteiger partial charge in [-0.2, -0.15) is 0 Å². The number of carbonyl (C=O) groups is 1. The quantitative estimate of drug-likeness (QED) is 0.784. The Kier molecular flexibility index (Phi) is 3.85. The molecule has 0 bridgehead atoms. The number of methoxy groups -OCH3 is 2. The average molecular weight is 256 g/mol. The molecule has 0 aromatic heterocycles. The van der Waals surface area contributed by atoms with Gasteiger partial charge in [0, 0.05) is 11.1 Å². The van der Waals surface area contributed by atoms with Crippen LogP contribution >= 0.6 is 0 Å². The Morgan fingerprint density at radius 3 is 2.37 bits per heavy atom.